The Morgan fingerprint density at radius 3 is 2.48 bits per heavy atom. The minimum Gasteiger partial charge on any atom is -0.486 e. The van der Waals surface area contributed by atoms with Crippen LogP contribution < -0.4 is 10.1 Å². The summed E-state index contributed by atoms with van der Waals surface area (Å²) in [5.41, 5.74) is 1.90. The van der Waals surface area contributed by atoms with Gasteiger partial charge >= 0.3 is 0 Å². The maximum absolute atomic E-state index is 12.5. The van der Waals surface area contributed by atoms with Gasteiger partial charge in [-0.05, 0) is 36.8 Å². The van der Waals surface area contributed by atoms with Crippen LogP contribution in [0.25, 0.3) is 0 Å². The predicted octanol–water partition coefficient (Wildman–Crippen LogP) is 6.03. The number of carbonyl (C=O) groups excluding carboxylic acids is 1. The zero-order valence-electron chi connectivity index (χ0n) is 15.4. The number of carbonyl (C=O) groups is 1. The van der Waals surface area contributed by atoms with Gasteiger partial charge in [0.05, 0.1) is 21.6 Å². The van der Waals surface area contributed by atoms with Crippen LogP contribution >= 0.6 is 46.4 Å². The monoisotopic (exact) mass is 471 g/mol. The van der Waals surface area contributed by atoms with Crippen LogP contribution in [0.15, 0.2) is 42.6 Å². The van der Waals surface area contributed by atoms with Crippen LogP contribution in [0, 0.1) is 0 Å². The molecule has 152 valence electrons. The van der Waals surface area contributed by atoms with Crippen molar-refractivity contribution in [2.75, 3.05) is 0 Å². The number of amides is 1. The summed E-state index contributed by atoms with van der Waals surface area (Å²) < 4.78 is 7.44. The highest BCUT2D eigenvalue weighted by atomic mass is 35.5. The van der Waals surface area contributed by atoms with Gasteiger partial charge in [0.2, 0.25) is 0 Å². The molecule has 1 heterocycles. The van der Waals surface area contributed by atoms with Crippen LogP contribution in [0.1, 0.15) is 28.5 Å². The SMILES string of the molecule is CCn1cc(Cl)c(CNC(=O)c2cccc(COc3c(Cl)cc(Cl)cc3Cl)c2)n1. The number of aryl methyl sites for hydroxylation is 1. The van der Waals surface area contributed by atoms with Crippen molar-refractivity contribution < 1.29 is 9.53 Å². The number of hydrogen-bond donors (Lipinski definition) is 1. The minimum absolute atomic E-state index is 0.189. The van der Waals surface area contributed by atoms with E-state index in [1.165, 1.54) is 0 Å². The average molecular weight is 473 g/mol. The Hall–Kier alpha value is -1.92. The van der Waals surface area contributed by atoms with Crippen LogP contribution in [0.3, 0.4) is 0 Å². The molecule has 0 radical (unpaired) electrons. The van der Waals surface area contributed by atoms with Crippen LogP contribution in [0.4, 0.5) is 0 Å². The summed E-state index contributed by atoms with van der Waals surface area (Å²) in [6.45, 7) is 3.09. The standard InChI is InChI=1S/C20H17Cl4N3O2/c1-2-27-10-17(24)18(26-27)9-25-20(28)13-5-3-4-12(6-13)11-29-19-15(22)7-14(21)8-16(19)23/h3-8,10H,2,9,11H2,1H3,(H,25,28). The van der Waals surface area contributed by atoms with Gasteiger partial charge in [-0.1, -0.05) is 58.5 Å². The summed E-state index contributed by atoms with van der Waals surface area (Å²) in [5, 5.41) is 8.72. The Labute approximate surface area is 188 Å². The molecule has 3 aromatic rings. The van der Waals surface area contributed by atoms with Crippen molar-refractivity contribution in [1.82, 2.24) is 15.1 Å². The van der Waals surface area contributed by atoms with Crippen LogP contribution in [-0.2, 0) is 19.7 Å². The number of halogens is 4. The van der Waals surface area contributed by atoms with E-state index in [0.29, 0.717) is 43.6 Å². The molecule has 1 amide bonds. The lowest BCUT2D eigenvalue weighted by molar-refractivity contribution is 0.0950. The first-order chi connectivity index (χ1) is 13.9. The van der Waals surface area contributed by atoms with E-state index in [9.17, 15) is 4.79 Å². The van der Waals surface area contributed by atoms with E-state index in [2.05, 4.69) is 10.4 Å². The minimum atomic E-state index is -0.239. The van der Waals surface area contributed by atoms with Crippen molar-refractivity contribution in [2.45, 2.75) is 26.6 Å². The van der Waals surface area contributed by atoms with Gasteiger partial charge in [0.15, 0.2) is 5.75 Å². The molecular formula is C20H17Cl4N3O2. The van der Waals surface area contributed by atoms with Gasteiger partial charge < -0.3 is 10.1 Å². The molecule has 0 atom stereocenters. The van der Waals surface area contributed by atoms with E-state index < -0.39 is 0 Å². The number of aromatic nitrogens is 2. The van der Waals surface area contributed by atoms with Gasteiger partial charge in [0, 0.05) is 23.3 Å². The highest BCUT2D eigenvalue weighted by Crippen LogP contribution is 2.36. The molecule has 5 nitrogen and oxygen atoms in total. The first-order valence-electron chi connectivity index (χ1n) is 8.73. The van der Waals surface area contributed by atoms with Crippen LogP contribution in [-0.4, -0.2) is 15.7 Å². The molecule has 0 aliphatic carbocycles. The average Bonchev–Trinajstić information content (AvgIpc) is 3.05. The second kappa shape index (κ2) is 9.72. The Morgan fingerprint density at radius 1 is 1.10 bits per heavy atom. The lowest BCUT2D eigenvalue weighted by atomic mass is 10.1. The number of nitrogens with one attached hydrogen (secondary N) is 1. The third-order valence-corrected chi connectivity index (χ3v) is 5.16. The normalized spacial score (nSPS) is 10.8. The van der Waals surface area contributed by atoms with Gasteiger partial charge in [-0.3, -0.25) is 9.48 Å². The molecule has 1 N–H and O–H groups in total. The van der Waals surface area contributed by atoms with Gasteiger partial charge in [0.25, 0.3) is 5.91 Å². The first kappa shape index (κ1) is 21.8. The number of nitrogens with zero attached hydrogens (tertiary/aromatic N) is 2. The molecule has 9 heteroatoms. The van der Waals surface area contributed by atoms with E-state index in [1.54, 1.807) is 41.2 Å². The van der Waals surface area contributed by atoms with Crippen LogP contribution in [0.2, 0.25) is 20.1 Å². The zero-order valence-corrected chi connectivity index (χ0v) is 18.4. The summed E-state index contributed by atoms with van der Waals surface area (Å²) in [6, 6.07) is 10.2. The molecule has 29 heavy (non-hydrogen) atoms. The largest absolute Gasteiger partial charge is 0.486 e. The Kier molecular flexibility index (Phi) is 7.30. The van der Waals surface area contributed by atoms with Gasteiger partial charge in [-0.15, -0.1) is 0 Å². The first-order valence-corrected chi connectivity index (χ1v) is 10.2. The highest BCUT2D eigenvalue weighted by molar-refractivity contribution is 6.40. The molecule has 3 rings (SSSR count). The maximum Gasteiger partial charge on any atom is 0.251 e. The maximum atomic E-state index is 12.5. The Bertz CT molecular complexity index is 1010. The second-order valence-electron chi connectivity index (χ2n) is 6.15. The summed E-state index contributed by atoms with van der Waals surface area (Å²) in [7, 11) is 0. The fourth-order valence-corrected chi connectivity index (χ4v) is 3.75. The molecular weight excluding hydrogens is 456 g/mol. The highest BCUT2D eigenvalue weighted by Gasteiger charge is 2.12. The lowest BCUT2D eigenvalue weighted by Crippen LogP contribution is -2.23. The number of hydrogen-bond acceptors (Lipinski definition) is 3. The van der Waals surface area contributed by atoms with Crippen molar-refractivity contribution in [3.05, 3.63) is 79.5 Å². The van der Waals surface area contributed by atoms with Crippen molar-refractivity contribution in [2.24, 2.45) is 0 Å². The van der Waals surface area contributed by atoms with E-state index >= 15 is 0 Å². The molecule has 0 fully saturated rings. The molecule has 0 aliphatic heterocycles. The summed E-state index contributed by atoms with van der Waals surface area (Å²) in [4.78, 5) is 12.5. The smallest absolute Gasteiger partial charge is 0.251 e. The van der Waals surface area contributed by atoms with Gasteiger partial charge in [0.1, 0.15) is 12.3 Å². The predicted molar refractivity (Wildman–Crippen MR) is 116 cm³/mol. The molecule has 0 spiro atoms. The van der Waals surface area contributed by atoms with E-state index in [1.807, 2.05) is 13.0 Å². The van der Waals surface area contributed by atoms with E-state index in [-0.39, 0.29) is 19.1 Å². The van der Waals surface area contributed by atoms with Gasteiger partial charge in [-0.2, -0.15) is 5.10 Å². The molecule has 0 saturated carbocycles. The van der Waals surface area contributed by atoms with E-state index in [4.69, 9.17) is 51.1 Å². The summed E-state index contributed by atoms with van der Waals surface area (Å²) >= 11 is 24.3. The summed E-state index contributed by atoms with van der Waals surface area (Å²) in [6.07, 6.45) is 1.73. The molecule has 2 aromatic carbocycles. The van der Waals surface area contributed by atoms with Crippen molar-refractivity contribution >= 4 is 52.3 Å². The topological polar surface area (TPSA) is 56.2 Å². The number of benzene rings is 2. The third kappa shape index (κ3) is 5.58. The van der Waals surface area contributed by atoms with Crippen molar-refractivity contribution in [3.8, 4) is 5.75 Å². The Balaban J connectivity index is 1.64. The van der Waals surface area contributed by atoms with Gasteiger partial charge in [-0.25, -0.2) is 0 Å². The fraction of sp³-hybridized carbons (Fsp3) is 0.200. The lowest BCUT2D eigenvalue weighted by Gasteiger charge is -2.11. The molecule has 0 unspecified atom stereocenters. The summed E-state index contributed by atoms with van der Waals surface area (Å²) in [5.74, 6) is 0.102. The molecule has 0 aliphatic rings. The fourth-order valence-electron chi connectivity index (χ4n) is 2.61. The zero-order chi connectivity index (χ0) is 21.0. The number of ether oxygens (including phenoxy) is 1. The third-order valence-electron chi connectivity index (χ3n) is 4.06. The molecule has 1 aromatic heterocycles. The molecule has 0 bridgehead atoms. The van der Waals surface area contributed by atoms with Crippen molar-refractivity contribution in [3.63, 3.8) is 0 Å². The quantitative estimate of drug-likeness (QED) is 0.457. The number of rotatable bonds is 7. The Morgan fingerprint density at radius 2 is 1.83 bits per heavy atom. The van der Waals surface area contributed by atoms with E-state index in [0.717, 1.165) is 5.56 Å². The second-order valence-corrected chi connectivity index (χ2v) is 7.81. The van der Waals surface area contributed by atoms with Crippen molar-refractivity contribution in [1.29, 1.82) is 0 Å². The van der Waals surface area contributed by atoms with Crippen LogP contribution in [0.5, 0.6) is 5.75 Å². The molecule has 0 saturated heterocycles.